The molecule has 2 fully saturated rings. The summed E-state index contributed by atoms with van der Waals surface area (Å²) in [6.07, 6.45) is 2.45. The van der Waals surface area contributed by atoms with E-state index in [1.54, 1.807) is 12.1 Å². The fourth-order valence-electron chi connectivity index (χ4n) is 3.73. The molecule has 1 aliphatic carbocycles. The molecule has 0 amide bonds. The SMILES string of the molecule is CCC1(COS(=O)(=O)c2ccc(C)cc2)COC2(CCC(CC(=O)O)C2)O1. The molecule has 1 aliphatic heterocycles. The Labute approximate surface area is 159 Å². The summed E-state index contributed by atoms with van der Waals surface area (Å²) in [7, 11) is -3.89. The number of aliphatic carboxylic acids is 1. The van der Waals surface area contributed by atoms with Crippen LogP contribution >= 0.6 is 0 Å². The lowest BCUT2D eigenvalue weighted by atomic mass is 10.0. The number of benzene rings is 1. The average Bonchev–Trinajstić information content (AvgIpc) is 3.17. The number of carboxylic acid groups (broad SMARTS) is 1. The summed E-state index contributed by atoms with van der Waals surface area (Å²) in [6.45, 7) is 3.87. The molecule has 1 spiro atoms. The molecule has 2 aliphatic rings. The molecule has 27 heavy (non-hydrogen) atoms. The molecule has 1 N–H and O–H groups in total. The van der Waals surface area contributed by atoms with Crippen LogP contribution in [0.5, 0.6) is 0 Å². The van der Waals surface area contributed by atoms with Gasteiger partial charge in [-0.25, -0.2) is 0 Å². The van der Waals surface area contributed by atoms with E-state index in [1.807, 2.05) is 13.8 Å². The quantitative estimate of drug-likeness (QED) is 0.705. The molecule has 1 saturated carbocycles. The van der Waals surface area contributed by atoms with Crippen molar-refractivity contribution in [2.45, 2.75) is 62.2 Å². The van der Waals surface area contributed by atoms with Gasteiger partial charge in [0, 0.05) is 19.3 Å². The van der Waals surface area contributed by atoms with Gasteiger partial charge in [-0.05, 0) is 37.8 Å². The van der Waals surface area contributed by atoms with Gasteiger partial charge >= 0.3 is 5.97 Å². The summed E-state index contributed by atoms with van der Waals surface area (Å²) < 4.78 is 42.3. The number of aryl methyl sites for hydroxylation is 1. The van der Waals surface area contributed by atoms with Crippen molar-refractivity contribution in [2.24, 2.45) is 5.92 Å². The Morgan fingerprint density at radius 1 is 1.33 bits per heavy atom. The lowest BCUT2D eigenvalue weighted by molar-refractivity contribution is -0.189. The topological polar surface area (TPSA) is 99.1 Å². The maximum Gasteiger partial charge on any atom is 0.303 e. The minimum absolute atomic E-state index is 0.00682. The highest BCUT2D eigenvalue weighted by Crippen LogP contribution is 2.47. The van der Waals surface area contributed by atoms with Crippen LogP contribution in [-0.4, -0.2) is 44.1 Å². The summed E-state index contributed by atoms with van der Waals surface area (Å²) in [5.41, 5.74) is 0.112. The van der Waals surface area contributed by atoms with Gasteiger partial charge in [-0.2, -0.15) is 8.42 Å². The van der Waals surface area contributed by atoms with Gasteiger partial charge in [-0.3, -0.25) is 8.98 Å². The standard InChI is InChI=1S/C19H26O7S/c1-3-18(13-25-27(22,23)16-6-4-14(2)5-7-16)12-24-19(26-18)9-8-15(11-19)10-17(20)21/h4-7,15H,3,8-13H2,1-2H3,(H,20,21). The number of hydrogen-bond donors (Lipinski definition) is 1. The first kappa shape index (κ1) is 20.3. The van der Waals surface area contributed by atoms with Gasteiger partial charge in [-0.1, -0.05) is 24.6 Å². The zero-order valence-corrected chi connectivity index (χ0v) is 16.5. The Kier molecular flexibility index (Phi) is 5.63. The number of ether oxygens (including phenoxy) is 2. The van der Waals surface area contributed by atoms with E-state index < -0.39 is 27.5 Å². The molecule has 0 bridgehead atoms. The summed E-state index contributed by atoms with van der Waals surface area (Å²) in [6, 6.07) is 6.47. The second-order valence-corrected chi connectivity index (χ2v) is 9.19. The van der Waals surface area contributed by atoms with Gasteiger partial charge in [0.25, 0.3) is 10.1 Å². The first-order valence-electron chi connectivity index (χ1n) is 9.20. The van der Waals surface area contributed by atoms with Gasteiger partial charge in [0.2, 0.25) is 0 Å². The van der Waals surface area contributed by atoms with Crippen molar-refractivity contribution in [2.75, 3.05) is 13.2 Å². The van der Waals surface area contributed by atoms with Crippen LogP contribution in [0.15, 0.2) is 29.2 Å². The van der Waals surface area contributed by atoms with Gasteiger partial charge < -0.3 is 14.6 Å². The van der Waals surface area contributed by atoms with Crippen LogP contribution in [0.25, 0.3) is 0 Å². The molecular formula is C19H26O7S. The third kappa shape index (κ3) is 4.51. The van der Waals surface area contributed by atoms with E-state index >= 15 is 0 Å². The smallest absolute Gasteiger partial charge is 0.303 e. The predicted octanol–water partition coefficient (Wildman–Crippen LogP) is 2.87. The summed E-state index contributed by atoms with van der Waals surface area (Å²) in [4.78, 5) is 11.0. The van der Waals surface area contributed by atoms with Crippen molar-refractivity contribution >= 4 is 16.1 Å². The Balaban J connectivity index is 1.65. The van der Waals surface area contributed by atoms with E-state index in [4.69, 9.17) is 18.8 Å². The number of rotatable bonds is 7. The molecule has 0 radical (unpaired) electrons. The van der Waals surface area contributed by atoms with Crippen LogP contribution in [-0.2, 0) is 28.6 Å². The third-order valence-corrected chi connectivity index (χ3v) is 6.71. The predicted molar refractivity (Wildman–Crippen MR) is 96.7 cm³/mol. The van der Waals surface area contributed by atoms with Gasteiger partial charge in [0.05, 0.1) is 18.1 Å². The Morgan fingerprint density at radius 3 is 2.67 bits per heavy atom. The highest BCUT2D eigenvalue weighted by molar-refractivity contribution is 7.86. The van der Waals surface area contributed by atoms with E-state index in [0.29, 0.717) is 25.7 Å². The van der Waals surface area contributed by atoms with Crippen molar-refractivity contribution in [3.8, 4) is 0 Å². The highest BCUT2D eigenvalue weighted by atomic mass is 32.2. The lowest BCUT2D eigenvalue weighted by Crippen LogP contribution is -2.40. The Hall–Kier alpha value is -1.48. The minimum Gasteiger partial charge on any atom is -0.481 e. The molecule has 3 atom stereocenters. The number of hydrogen-bond acceptors (Lipinski definition) is 6. The molecule has 150 valence electrons. The maximum atomic E-state index is 12.5. The van der Waals surface area contributed by atoms with E-state index in [1.165, 1.54) is 12.1 Å². The maximum absolute atomic E-state index is 12.5. The molecular weight excluding hydrogens is 372 g/mol. The molecule has 8 heteroatoms. The molecule has 1 aromatic carbocycles. The van der Waals surface area contributed by atoms with Crippen molar-refractivity contribution in [1.82, 2.24) is 0 Å². The molecule has 1 aromatic rings. The van der Waals surface area contributed by atoms with Crippen molar-refractivity contribution in [1.29, 1.82) is 0 Å². The molecule has 7 nitrogen and oxygen atoms in total. The largest absolute Gasteiger partial charge is 0.481 e. The van der Waals surface area contributed by atoms with Crippen molar-refractivity contribution < 1.29 is 32.0 Å². The second-order valence-electron chi connectivity index (χ2n) is 7.57. The van der Waals surface area contributed by atoms with Crippen molar-refractivity contribution in [3.05, 3.63) is 29.8 Å². The summed E-state index contributed by atoms with van der Waals surface area (Å²) in [5.74, 6) is -1.65. The zero-order chi connectivity index (χ0) is 19.7. The average molecular weight is 398 g/mol. The normalized spacial score (nSPS) is 30.8. The number of carbonyl (C=O) groups is 1. The van der Waals surface area contributed by atoms with Crippen LogP contribution in [0.3, 0.4) is 0 Å². The monoisotopic (exact) mass is 398 g/mol. The molecule has 3 unspecified atom stereocenters. The molecule has 1 saturated heterocycles. The van der Waals surface area contributed by atoms with Crippen LogP contribution in [0.1, 0.15) is 44.6 Å². The van der Waals surface area contributed by atoms with E-state index in [9.17, 15) is 13.2 Å². The van der Waals surface area contributed by atoms with Crippen LogP contribution < -0.4 is 0 Å². The minimum atomic E-state index is -3.89. The second kappa shape index (κ2) is 7.50. The van der Waals surface area contributed by atoms with E-state index in [0.717, 1.165) is 5.56 Å². The van der Waals surface area contributed by atoms with Gasteiger partial charge in [0.15, 0.2) is 5.79 Å². The zero-order valence-electron chi connectivity index (χ0n) is 15.6. The fourth-order valence-corrected chi connectivity index (χ4v) is 4.71. The van der Waals surface area contributed by atoms with Crippen LogP contribution in [0, 0.1) is 12.8 Å². The molecule has 0 aromatic heterocycles. The number of carboxylic acids is 1. The van der Waals surface area contributed by atoms with Crippen molar-refractivity contribution in [3.63, 3.8) is 0 Å². The summed E-state index contributed by atoms with van der Waals surface area (Å²) in [5, 5.41) is 8.98. The van der Waals surface area contributed by atoms with E-state index in [2.05, 4.69) is 0 Å². The highest BCUT2D eigenvalue weighted by Gasteiger charge is 2.53. The van der Waals surface area contributed by atoms with Crippen LogP contribution in [0.4, 0.5) is 0 Å². The first-order chi connectivity index (χ1) is 12.7. The van der Waals surface area contributed by atoms with E-state index in [-0.39, 0.29) is 30.4 Å². The third-order valence-electron chi connectivity index (χ3n) is 5.43. The molecule has 3 rings (SSSR count). The first-order valence-corrected chi connectivity index (χ1v) is 10.6. The van der Waals surface area contributed by atoms with Gasteiger partial charge in [0.1, 0.15) is 5.60 Å². The Morgan fingerprint density at radius 2 is 2.04 bits per heavy atom. The fraction of sp³-hybridized carbons (Fsp3) is 0.632. The Bertz CT molecular complexity index is 789. The lowest BCUT2D eigenvalue weighted by Gasteiger charge is -2.29. The summed E-state index contributed by atoms with van der Waals surface area (Å²) >= 11 is 0. The van der Waals surface area contributed by atoms with Gasteiger partial charge in [-0.15, -0.1) is 0 Å². The van der Waals surface area contributed by atoms with Crippen LogP contribution in [0.2, 0.25) is 0 Å². The molecule has 1 heterocycles.